The zero-order valence-electron chi connectivity index (χ0n) is 15.4. The minimum Gasteiger partial charge on any atom is -0.493 e. The number of benzene rings is 2. The Morgan fingerprint density at radius 1 is 1.15 bits per heavy atom. The van der Waals surface area contributed by atoms with Gasteiger partial charge in [-0.05, 0) is 36.4 Å². The molecule has 2 aromatic rings. The van der Waals surface area contributed by atoms with E-state index in [1.807, 2.05) is 19.1 Å². The Morgan fingerprint density at radius 3 is 2.50 bits per heavy atom. The number of rotatable bonds is 8. The van der Waals surface area contributed by atoms with Crippen LogP contribution in [-0.2, 0) is 0 Å². The quantitative estimate of drug-likeness (QED) is 0.773. The first kappa shape index (κ1) is 19.7. The van der Waals surface area contributed by atoms with Crippen molar-refractivity contribution in [1.29, 1.82) is 0 Å². The minimum absolute atomic E-state index is 0.0900. The summed E-state index contributed by atoms with van der Waals surface area (Å²) in [6, 6.07) is 13.6. The fourth-order valence-electron chi connectivity index (χ4n) is 2.44. The second-order valence-corrected chi connectivity index (χ2v) is 6.04. The molecule has 1 amide bonds. The van der Waals surface area contributed by atoms with Crippen LogP contribution >= 0.6 is 0 Å². The number of ether oxygens (including phenoxy) is 2. The fourth-order valence-corrected chi connectivity index (χ4v) is 2.44. The molecule has 0 saturated carbocycles. The van der Waals surface area contributed by atoms with E-state index in [1.165, 1.54) is 17.0 Å². The Bertz CT molecular complexity index is 704. The molecule has 2 aromatic carbocycles. The molecular formula is C20H25FN2O3. The molecule has 6 heteroatoms. The Hall–Kier alpha value is -2.60. The Morgan fingerprint density at radius 2 is 1.88 bits per heavy atom. The van der Waals surface area contributed by atoms with Crippen molar-refractivity contribution in [2.75, 3.05) is 27.2 Å². The number of amides is 1. The summed E-state index contributed by atoms with van der Waals surface area (Å²) in [5.41, 5.74) is 1.07. The highest BCUT2D eigenvalue weighted by molar-refractivity contribution is 5.69. The van der Waals surface area contributed by atoms with Gasteiger partial charge in [-0.2, -0.15) is 0 Å². The van der Waals surface area contributed by atoms with E-state index in [4.69, 9.17) is 9.47 Å². The highest BCUT2D eigenvalue weighted by Crippen LogP contribution is 2.21. The normalized spacial score (nSPS) is 11.7. The van der Waals surface area contributed by atoms with E-state index < -0.39 is 6.09 Å². The van der Waals surface area contributed by atoms with Crippen molar-refractivity contribution < 1.29 is 18.7 Å². The number of carbonyl (C=O) groups excluding carboxylic acids is 1. The maximum atomic E-state index is 13.2. The van der Waals surface area contributed by atoms with Crippen molar-refractivity contribution >= 4 is 6.09 Å². The number of hydrogen-bond acceptors (Lipinski definition) is 4. The van der Waals surface area contributed by atoms with Gasteiger partial charge in [-0.1, -0.05) is 25.1 Å². The molecule has 0 aliphatic carbocycles. The monoisotopic (exact) mass is 360 g/mol. The number of hydrogen-bond donors (Lipinski definition) is 1. The smallest absolute Gasteiger partial charge is 0.414 e. The van der Waals surface area contributed by atoms with E-state index in [0.717, 1.165) is 18.5 Å². The summed E-state index contributed by atoms with van der Waals surface area (Å²) in [5.74, 6) is 0.707. The van der Waals surface area contributed by atoms with E-state index >= 15 is 0 Å². The van der Waals surface area contributed by atoms with Crippen LogP contribution in [0.4, 0.5) is 9.18 Å². The Kier molecular flexibility index (Phi) is 7.41. The van der Waals surface area contributed by atoms with Crippen molar-refractivity contribution in [1.82, 2.24) is 10.2 Å². The molecule has 2 rings (SSSR count). The maximum Gasteiger partial charge on any atom is 0.414 e. The molecule has 1 N–H and O–H groups in total. The van der Waals surface area contributed by atoms with Crippen LogP contribution in [0.25, 0.3) is 0 Å². The van der Waals surface area contributed by atoms with Gasteiger partial charge < -0.3 is 19.7 Å². The van der Waals surface area contributed by atoms with Gasteiger partial charge in [0.1, 0.15) is 17.3 Å². The standard InChI is InChI=1S/C20H25FN2O3/c1-4-22-19(12-13-25-18-7-5-6-16(21)14-18)15-8-10-17(11-9-15)26-20(24)23(2)3/h5-11,14,19,22H,4,12-13H2,1-3H3. The van der Waals surface area contributed by atoms with Gasteiger partial charge in [0.2, 0.25) is 0 Å². The lowest BCUT2D eigenvalue weighted by molar-refractivity contribution is 0.172. The molecular weight excluding hydrogens is 335 g/mol. The number of halogens is 1. The summed E-state index contributed by atoms with van der Waals surface area (Å²) in [7, 11) is 3.27. The van der Waals surface area contributed by atoms with Crippen LogP contribution in [0, 0.1) is 5.82 Å². The van der Waals surface area contributed by atoms with Gasteiger partial charge in [-0.3, -0.25) is 0 Å². The van der Waals surface area contributed by atoms with Crippen molar-refractivity contribution in [3.05, 3.63) is 59.9 Å². The Labute approximate surface area is 153 Å². The lowest BCUT2D eigenvalue weighted by Gasteiger charge is -2.19. The number of nitrogens with one attached hydrogen (secondary N) is 1. The van der Waals surface area contributed by atoms with Crippen molar-refractivity contribution in [2.45, 2.75) is 19.4 Å². The first-order chi connectivity index (χ1) is 12.5. The molecule has 0 aliphatic heterocycles. The summed E-state index contributed by atoms with van der Waals surface area (Å²) in [4.78, 5) is 13.0. The summed E-state index contributed by atoms with van der Waals surface area (Å²) >= 11 is 0. The molecule has 0 fully saturated rings. The average Bonchev–Trinajstić information content (AvgIpc) is 2.62. The predicted molar refractivity (Wildman–Crippen MR) is 99.1 cm³/mol. The molecule has 1 atom stereocenters. The molecule has 0 aromatic heterocycles. The largest absolute Gasteiger partial charge is 0.493 e. The van der Waals surface area contributed by atoms with Gasteiger partial charge in [0.05, 0.1) is 6.61 Å². The second-order valence-electron chi connectivity index (χ2n) is 6.04. The molecule has 0 spiro atoms. The predicted octanol–water partition coefficient (Wildman–Crippen LogP) is 4.01. The molecule has 5 nitrogen and oxygen atoms in total. The molecule has 0 aliphatic rings. The zero-order valence-corrected chi connectivity index (χ0v) is 15.4. The molecule has 140 valence electrons. The van der Waals surface area contributed by atoms with Crippen LogP contribution in [-0.4, -0.2) is 38.2 Å². The van der Waals surface area contributed by atoms with Gasteiger partial charge in [0.15, 0.2) is 0 Å². The van der Waals surface area contributed by atoms with Crippen molar-refractivity contribution in [2.24, 2.45) is 0 Å². The third-order valence-corrected chi connectivity index (χ3v) is 3.77. The summed E-state index contributed by atoms with van der Waals surface area (Å²) in [6.45, 7) is 3.30. The third kappa shape index (κ3) is 6.04. The lowest BCUT2D eigenvalue weighted by atomic mass is 10.0. The molecule has 0 bridgehead atoms. The Balaban J connectivity index is 1.94. The lowest BCUT2D eigenvalue weighted by Crippen LogP contribution is -2.25. The van der Waals surface area contributed by atoms with Crippen molar-refractivity contribution in [3.8, 4) is 11.5 Å². The summed E-state index contributed by atoms with van der Waals surface area (Å²) in [5, 5.41) is 3.40. The average molecular weight is 360 g/mol. The zero-order chi connectivity index (χ0) is 18.9. The van der Waals surface area contributed by atoms with Crippen LogP contribution in [0.1, 0.15) is 24.9 Å². The SMILES string of the molecule is CCNC(CCOc1cccc(F)c1)c1ccc(OC(=O)N(C)C)cc1. The number of nitrogens with zero attached hydrogens (tertiary/aromatic N) is 1. The van der Waals surface area contributed by atoms with E-state index in [9.17, 15) is 9.18 Å². The van der Waals surface area contributed by atoms with Crippen LogP contribution in [0.15, 0.2) is 48.5 Å². The van der Waals surface area contributed by atoms with E-state index in [0.29, 0.717) is 18.1 Å². The fraction of sp³-hybridized carbons (Fsp3) is 0.350. The van der Waals surface area contributed by atoms with Crippen LogP contribution in [0.2, 0.25) is 0 Å². The highest BCUT2D eigenvalue weighted by atomic mass is 19.1. The van der Waals surface area contributed by atoms with E-state index in [1.54, 1.807) is 38.4 Å². The van der Waals surface area contributed by atoms with Crippen LogP contribution in [0.5, 0.6) is 11.5 Å². The first-order valence-electron chi connectivity index (χ1n) is 8.60. The third-order valence-electron chi connectivity index (χ3n) is 3.77. The molecule has 0 heterocycles. The molecule has 1 unspecified atom stereocenters. The van der Waals surface area contributed by atoms with Gasteiger partial charge in [0.25, 0.3) is 0 Å². The van der Waals surface area contributed by atoms with Gasteiger partial charge in [-0.15, -0.1) is 0 Å². The van der Waals surface area contributed by atoms with Gasteiger partial charge in [0, 0.05) is 32.6 Å². The highest BCUT2D eigenvalue weighted by Gasteiger charge is 2.12. The summed E-state index contributed by atoms with van der Waals surface area (Å²) < 4.78 is 24.0. The van der Waals surface area contributed by atoms with Gasteiger partial charge in [-0.25, -0.2) is 9.18 Å². The van der Waals surface area contributed by atoms with Crippen LogP contribution < -0.4 is 14.8 Å². The first-order valence-corrected chi connectivity index (χ1v) is 8.60. The summed E-state index contributed by atoms with van der Waals surface area (Å²) in [6.07, 6.45) is 0.311. The molecule has 0 radical (unpaired) electrons. The van der Waals surface area contributed by atoms with Gasteiger partial charge >= 0.3 is 6.09 Å². The maximum absolute atomic E-state index is 13.2. The second kappa shape index (κ2) is 9.77. The molecule has 0 saturated heterocycles. The van der Waals surface area contributed by atoms with E-state index in [2.05, 4.69) is 5.32 Å². The molecule has 26 heavy (non-hydrogen) atoms. The van der Waals surface area contributed by atoms with Crippen LogP contribution in [0.3, 0.4) is 0 Å². The number of carbonyl (C=O) groups is 1. The minimum atomic E-state index is -0.413. The topological polar surface area (TPSA) is 50.8 Å². The van der Waals surface area contributed by atoms with Crippen molar-refractivity contribution in [3.63, 3.8) is 0 Å². The van der Waals surface area contributed by atoms with E-state index in [-0.39, 0.29) is 11.9 Å².